The Hall–Kier alpha value is -0.800. The molecule has 0 saturated heterocycles. The third-order valence-electron chi connectivity index (χ3n) is 2.56. The van der Waals surface area contributed by atoms with Crippen LogP contribution in [-0.4, -0.2) is 9.67 Å². The fourth-order valence-electron chi connectivity index (χ4n) is 1.74. The number of fused-ring (bicyclic) bond motifs is 1. The molecule has 1 heterocycles. The van der Waals surface area contributed by atoms with Crippen molar-refractivity contribution in [1.29, 1.82) is 0 Å². The smallest absolute Gasteiger partial charge is 0.0844 e. The summed E-state index contributed by atoms with van der Waals surface area (Å²) in [6, 6.07) is 6.28. The second-order valence-electron chi connectivity index (χ2n) is 3.50. The molecule has 0 aliphatic heterocycles. The van der Waals surface area contributed by atoms with Gasteiger partial charge in [-0.3, -0.25) is 0 Å². The van der Waals surface area contributed by atoms with Gasteiger partial charge in [-0.1, -0.05) is 11.6 Å². The van der Waals surface area contributed by atoms with Gasteiger partial charge in [0, 0.05) is 22.4 Å². The lowest BCUT2D eigenvalue weighted by Crippen LogP contribution is -1.95. The van der Waals surface area contributed by atoms with Gasteiger partial charge in [-0.25, -0.2) is 0 Å². The Balaban J connectivity index is 2.87. The highest BCUT2D eigenvalue weighted by Gasteiger charge is 2.11. The van der Waals surface area contributed by atoms with Crippen LogP contribution < -0.4 is 0 Å². The Bertz CT molecular complexity index is 487. The van der Waals surface area contributed by atoms with Crippen LogP contribution in [0.3, 0.4) is 0 Å². The number of nitrogens with zero attached hydrogens (tertiary/aromatic N) is 1. The van der Waals surface area contributed by atoms with Crippen LogP contribution >= 0.6 is 15.9 Å². The highest BCUT2D eigenvalue weighted by molar-refractivity contribution is 9.10. The van der Waals surface area contributed by atoms with E-state index in [2.05, 4.69) is 41.1 Å². The van der Waals surface area contributed by atoms with Crippen molar-refractivity contribution in [3.63, 3.8) is 0 Å². The van der Waals surface area contributed by atoms with E-state index in [-0.39, 0.29) is 6.61 Å². The van der Waals surface area contributed by atoms with Crippen molar-refractivity contribution < 1.29 is 5.11 Å². The van der Waals surface area contributed by atoms with Crippen molar-refractivity contribution in [2.75, 3.05) is 0 Å². The summed E-state index contributed by atoms with van der Waals surface area (Å²) in [6.45, 7) is 2.13. The quantitative estimate of drug-likeness (QED) is 0.831. The van der Waals surface area contributed by atoms with Crippen molar-refractivity contribution in [3.8, 4) is 0 Å². The molecule has 0 aliphatic rings. The molecule has 0 unspecified atom stereocenters. The van der Waals surface area contributed by atoms with Crippen molar-refractivity contribution in [1.82, 2.24) is 4.57 Å². The zero-order valence-electron chi connectivity index (χ0n) is 8.21. The molecule has 0 bridgehead atoms. The summed E-state index contributed by atoms with van der Waals surface area (Å²) in [6.07, 6.45) is 0. The number of aliphatic hydroxyl groups excluding tert-OH is 1. The van der Waals surface area contributed by atoms with E-state index >= 15 is 0 Å². The molecule has 0 aliphatic carbocycles. The average Bonchev–Trinajstić information content (AvgIpc) is 2.39. The molecule has 1 aromatic carbocycles. The van der Waals surface area contributed by atoms with Crippen molar-refractivity contribution in [2.24, 2.45) is 7.05 Å². The van der Waals surface area contributed by atoms with E-state index in [1.165, 1.54) is 5.56 Å². The van der Waals surface area contributed by atoms with Crippen molar-refractivity contribution in [3.05, 3.63) is 33.9 Å². The predicted octanol–water partition coefficient (Wildman–Crippen LogP) is 2.74. The summed E-state index contributed by atoms with van der Waals surface area (Å²) in [7, 11) is 1.97. The van der Waals surface area contributed by atoms with Gasteiger partial charge in [-0.2, -0.15) is 0 Å². The van der Waals surface area contributed by atoms with E-state index in [1.807, 2.05) is 11.6 Å². The Kier molecular flexibility index (Phi) is 2.37. The van der Waals surface area contributed by atoms with E-state index in [4.69, 9.17) is 0 Å². The van der Waals surface area contributed by atoms with Crippen molar-refractivity contribution >= 4 is 26.8 Å². The molecule has 2 aromatic rings. The fourth-order valence-corrected chi connectivity index (χ4v) is 2.45. The SMILES string of the molecule is Cc1ccc2c(c1)c(Br)c(CO)n2C. The molecule has 1 N–H and O–H groups in total. The van der Waals surface area contributed by atoms with E-state index in [9.17, 15) is 5.11 Å². The lowest BCUT2D eigenvalue weighted by Gasteiger charge is -2.00. The molecule has 3 heteroatoms. The number of aryl methyl sites for hydroxylation is 2. The van der Waals surface area contributed by atoms with Crippen LogP contribution in [0.25, 0.3) is 10.9 Å². The third-order valence-corrected chi connectivity index (χ3v) is 3.44. The Morgan fingerprint density at radius 2 is 2.14 bits per heavy atom. The summed E-state index contributed by atoms with van der Waals surface area (Å²) in [4.78, 5) is 0. The predicted molar refractivity (Wildman–Crippen MR) is 61.3 cm³/mol. The number of halogens is 1. The number of aliphatic hydroxyl groups is 1. The van der Waals surface area contributed by atoms with Gasteiger partial charge < -0.3 is 9.67 Å². The van der Waals surface area contributed by atoms with Crippen LogP contribution in [0.1, 0.15) is 11.3 Å². The number of rotatable bonds is 1. The third kappa shape index (κ3) is 1.28. The number of aromatic nitrogens is 1. The standard InChI is InChI=1S/C11H12BrNO/c1-7-3-4-9-8(5-7)11(12)10(6-14)13(9)2/h3-5,14H,6H2,1-2H3. The van der Waals surface area contributed by atoms with E-state index in [0.29, 0.717) is 0 Å². The molecular formula is C11H12BrNO. The van der Waals surface area contributed by atoms with Crippen LogP contribution in [-0.2, 0) is 13.7 Å². The van der Waals surface area contributed by atoms with Crippen molar-refractivity contribution in [2.45, 2.75) is 13.5 Å². The van der Waals surface area contributed by atoms with E-state index in [0.717, 1.165) is 21.1 Å². The highest BCUT2D eigenvalue weighted by Crippen LogP contribution is 2.30. The van der Waals surface area contributed by atoms with Gasteiger partial charge in [0.05, 0.1) is 12.3 Å². The molecule has 1 aromatic heterocycles. The average molecular weight is 254 g/mol. The minimum absolute atomic E-state index is 0.0603. The first-order chi connectivity index (χ1) is 6.65. The van der Waals surface area contributed by atoms with Gasteiger partial charge in [-0.05, 0) is 35.0 Å². The Morgan fingerprint density at radius 1 is 1.43 bits per heavy atom. The zero-order chi connectivity index (χ0) is 10.3. The maximum Gasteiger partial charge on any atom is 0.0844 e. The summed E-state index contributed by atoms with van der Waals surface area (Å²) in [5, 5.41) is 10.4. The summed E-state index contributed by atoms with van der Waals surface area (Å²) < 4.78 is 3.01. The number of benzene rings is 1. The normalized spacial score (nSPS) is 11.1. The first-order valence-corrected chi connectivity index (χ1v) is 5.28. The Labute approximate surface area is 91.3 Å². The van der Waals surface area contributed by atoms with Gasteiger partial charge >= 0.3 is 0 Å². The fraction of sp³-hybridized carbons (Fsp3) is 0.273. The number of hydrogen-bond donors (Lipinski definition) is 1. The summed E-state index contributed by atoms with van der Waals surface area (Å²) in [5.41, 5.74) is 3.30. The minimum Gasteiger partial charge on any atom is -0.390 e. The molecule has 0 atom stereocenters. The van der Waals surface area contributed by atoms with E-state index < -0.39 is 0 Å². The van der Waals surface area contributed by atoms with Gasteiger partial charge in [0.1, 0.15) is 0 Å². The van der Waals surface area contributed by atoms with Crippen LogP contribution in [0.15, 0.2) is 22.7 Å². The maximum atomic E-state index is 9.22. The molecule has 2 rings (SSSR count). The first kappa shape index (κ1) is 9.74. The zero-order valence-corrected chi connectivity index (χ0v) is 9.80. The van der Waals surface area contributed by atoms with Crippen LogP contribution in [0, 0.1) is 6.92 Å². The van der Waals surface area contributed by atoms with Gasteiger partial charge in [-0.15, -0.1) is 0 Å². The lowest BCUT2D eigenvalue weighted by atomic mass is 10.2. The monoisotopic (exact) mass is 253 g/mol. The van der Waals surface area contributed by atoms with Gasteiger partial charge in [0.25, 0.3) is 0 Å². The summed E-state index contributed by atoms with van der Waals surface area (Å²) >= 11 is 3.52. The lowest BCUT2D eigenvalue weighted by molar-refractivity contribution is 0.272. The molecule has 0 radical (unpaired) electrons. The van der Waals surface area contributed by atoms with Crippen LogP contribution in [0.5, 0.6) is 0 Å². The first-order valence-electron chi connectivity index (χ1n) is 4.49. The minimum atomic E-state index is 0.0603. The van der Waals surface area contributed by atoms with E-state index in [1.54, 1.807) is 0 Å². The largest absolute Gasteiger partial charge is 0.390 e. The van der Waals surface area contributed by atoms with Gasteiger partial charge in [0.2, 0.25) is 0 Å². The summed E-state index contributed by atoms with van der Waals surface area (Å²) in [5.74, 6) is 0. The number of hydrogen-bond acceptors (Lipinski definition) is 1. The maximum absolute atomic E-state index is 9.22. The molecule has 2 nitrogen and oxygen atoms in total. The van der Waals surface area contributed by atoms with Gasteiger partial charge in [0.15, 0.2) is 0 Å². The molecular weight excluding hydrogens is 242 g/mol. The van der Waals surface area contributed by atoms with Crippen LogP contribution in [0.4, 0.5) is 0 Å². The van der Waals surface area contributed by atoms with Crippen LogP contribution in [0.2, 0.25) is 0 Å². The molecule has 0 amide bonds. The highest BCUT2D eigenvalue weighted by atomic mass is 79.9. The second kappa shape index (κ2) is 3.41. The second-order valence-corrected chi connectivity index (χ2v) is 4.29. The topological polar surface area (TPSA) is 25.2 Å². The Morgan fingerprint density at radius 3 is 2.79 bits per heavy atom. The molecule has 0 saturated carbocycles. The molecule has 0 fully saturated rings. The molecule has 74 valence electrons. The molecule has 0 spiro atoms. The molecule has 14 heavy (non-hydrogen) atoms.